The highest BCUT2D eigenvalue weighted by Gasteiger charge is 2.44. The van der Waals surface area contributed by atoms with Crippen molar-refractivity contribution in [2.45, 2.75) is 5.92 Å². The van der Waals surface area contributed by atoms with E-state index in [1.54, 1.807) is 12.1 Å². The summed E-state index contributed by atoms with van der Waals surface area (Å²) < 4.78 is 24.9. The highest BCUT2D eigenvalue weighted by Crippen LogP contribution is 2.24. The number of carbonyl (C=O) groups excluding carboxylic acids is 1. The van der Waals surface area contributed by atoms with Crippen LogP contribution in [-0.2, 0) is 0 Å². The summed E-state index contributed by atoms with van der Waals surface area (Å²) in [6.07, 6.45) is 1.47. The first-order valence-corrected chi connectivity index (χ1v) is 4.42. The predicted octanol–water partition coefficient (Wildman–Crippen LogP) is 0.677. The van der Waals surface area contributed by atoms with Gasteiger partial charge in [-0.3, -0.25) is 15.2 Å². The van der Waals surface area contributed by atoms with Crippen LogP contribution in [0.5, 0.6) is 0 Å². The first kappa shape index (κ1) is 9.97. The SMILES string of the molecule is O=C(NN1CC(F)(F)C1)c1ccccn1. The van der Waals surface area contributed by atoms with Crippen molar-refractivity contribution in [3.8, 4) is 0 Å². The second kappa shape index (κ2) is 3.54. The number of rotatable bonds is 2. The van der Waals surface area contributed by atoms with E-state index in [2.05, 4.69) is 10.4 Å². The monoisotopic (exact) mass is 213 g/mol. The van der Waals surface area contributed by atoms with Crippen LogP contribution in [0.1, 0.15) is 10.5 Å². The summed E-state index contributed by atoms with van der Waals surface area (Å²) in [4.78, 5) is 15.2. The van der Waals surface area contributed by atoms with Gasteiger partial charge in [-0.2, -0.15) is 0 Å². The van der Waals surface area contributed by atoms with Gasteiger partial charge in [-0.25, -0.2) is 13.8 Å². The standard InChI is InChI=1S/C9H9F2N3O/c10-9(11)5-14(6-9)13-8(15)7-3-1-2-4-12-7/h1-4H,5-6H2,(H,13,15). The lowest BCUT2D eigenvalue weighted by Crippen LogP contribution is -2.62. The second-order valence-electron chi connectivity index (χ2n) is 3.37. The maximum Gasteiger partial charge on any atom is 0.284 e. The summed E-state index contributed by atoms with van der Waals surface area (Å²) in [5, 5.41) is 1.16. The second-order valence-corrected chi connectivity index (χ2v) is 3.37. The number of nitrogens with one attached hydrogen (secondary N) is 1. The van der Waals surface area contributed by atoms with Crippen molar-refractivity contribution in [2.24, 2.45) is 0 Å². The molecule has 1 aliphatic heterocycles. The third kappa shape index (κ3) is 2.27. The normalized spacial score (nSPS) is 19.3. The molecule has 0 saturated carbocycles. The van der Waals surface area contributed by atoms with Gasteiger partial charge >= 0.3 is 0 Å². The summed E-state index contributed by atoms with van der Waals surface area (Å²) in [7, 11) is 0. The number of amides is 1. The van der Waals surface area contributed by atoms with Crippen molar-refractivity contribution in [3.05, 3.63) is 30.1 Å². The molecule has 1 amide bonds. The van der Waals surface area contributed by atoms with Crippen LogP contribution in [0.25, 0.3) is 0 Å². The number of hydrogen-bond acceptors (Lipinski definition) is 3. The van der Waals surface area contributed by atoms with Crippen molar-refractivity contribution in [1.82, 2.24) is 15.4 Å². The van der Waals surface area contributed by atoms with Crippen molar-refractivity contribution >= 4 is 5.91 Å². The van der Waals surface area contributed by atoms with Crippen molar-refractivity contribution in [2.75, 3.05) is 13.1 Å². The van der Waals surface area contributed by atoms with Gasteiger partial charge in [-0.15, -0.1) is 0 Å². The predicted molar refractivity (Wildman–Crippen MR) is 48.2 cm³/mol. The van der Waals surface area contributed by atoms with E-state index >= 15 is 0 Å². The fourth-order valence-corrected chi connectivity index (χ4v) is 1.29. The minimum absolute atomic E-state index is 0.215. The largest absolute Gasteiger partial charge is 0.284 e. The van der Waals surface area contributed by atoms with Crippen LogP contribution in [-0.4, -0.2) is 34.9 Å². The van der Waals surface area contributed by atoms with E-state index in [-0.39, 0.29) is 5.69 Å². The topological polar surface area (TPSA) is 45.2 Å². The Kier molecular flexibility index (Phi) is 2.36. The lowest BCUT2D eigenvalue weighted by Gasteiger charge is -2.38. The van der Waals surface area contributed by atoms with Gasteiger partial charge in [0.25, 0.3) is 11.8 Å². The van der Waals surface area contributed by atoms with Gasteiger partial charge in [0.1, 0.15) is 5.69 Å². The molecule has 0 aliphatic carbocycles. The fourth-order valence-electron chi connectivity index (χ4n) is 1.29. The Morgan fingerprint density at radius 2 is 2.20 bits per heavy atom. The first-order valence-electron chi connectivity index (χ1n) is 4.42. The molecular formula is C9H9F2N3O. The molecule has 0 spiro atoms. The Balaban J connectivity index is 1.89. The average molecular weight is 213 g/mol. The lowest BCUT2D eigenvalue weighted by atomic mass is 10.2. The van der Waals surface area contributed by atoms with E-state index in [4.69, 9.17) is 0 Å². The van der Waals surface area contributed by atoms with E-state index in [0.717, 1.165) is 5.01 Å². The molecule has 1 saturated heterocycles. The van der Waals surface area contributed by atoms with Crippen LogP contribution >= 0.6 is 0 Å². The van der Waals surface area contributed by atoms with E-state index in [0.29, 0.717) is 0 Å². The molecule has 15 heavy (non-hydrogen) atoms. The Labute approximate surface area is 84.9 Å². The molecule has 80 valence electrons. The molecule has 1 fully saturated rings. The minimum atomic E-state index is -2.68. The van der Waals surface area contributed by atoms with Crippen LogP contribution in [0.15, 0.2) is 24.4 Å². The number of nitrogens with zero attached hydrogens (tertiary/aromatic N) is 2. The van der Waals surface area contributed by atoms with E-state index in [1.165, 1.54) is 12.3 Å². The van der Waals surface area contributed by atoms with E-state index in [9.17, 15) is 13.6 Å². The number of carbonyl (C=O) groups is 1. The Morgan fingerprint density at radius 3 is 2.73 bits per heavy atom. The maximum atomic E-state index is 12.4. The molecule has 0 radical (unpaired) electrons. The zero-order chi connectivity index (χ0) is 10.9. The van der Waals surface area contributed by atoms with Gasteiger partial charge in [-0.05, 0) is 12.1 Å². The Bertz CT molecular complexity index is 361. The Morgan fingerprint density at radius 1 is 1.47 bits per heavy atom. The molecule has 0 unspecified atom stereocenters. The molecule has 1 aliphatic rings. The molecule has 1 aromatic heterocycles. The molecule has 0 aromatic carbocycles. The fraction of sp³-hybridized carbons (Fsp3) is 0.333. The molecule has 2 rings (SSSR count). The lowest BCUT2D eigenvalue weighted by molar-refractivity contribution is -0.144. The first-order chi connectivity index (χ1) is 7.07. The summed E-state index contributed by atoms with van der Waals surface area (Å²) in [6.45, 7) is -0.878. The van der Waals surface area contributed by atoms with Crippen LogP contribution in [0.3, 0.4) is 0 Å². The number of pyridine rings is 1. The highest BCUT2D eigenvalue weighted by molar-refractivity contribution is 5.91. The molecule has 4 nitrogen and oxygen atoms in total. The summed E-state index contributed by atoms with van der Waals surface area (Å²) in [5.41, 5.74) is 2.56. The van der Waals surface area contributed by atoms with Gasteiger partial charge in [0.2, 0.25) is 0 Å². The number of halogens is 2. The summed E-state index contributed by atoms with van der Waals surface area (Å²) >= 11 is 0. The van der Waals surface area contributed by atoms with Gasteiger partial charge in [0, 0.05) is 6.20 Å². The van der Waals surface area contributed by atoms with Crippen molar-refractivity contribution in [3.63, 3.8) is 0 Å². The van der Waals surface area contributed by atoms with Crippen molar-refractivity contribution in [1.29, 1.82) is 0 Å². The van der Waals surface area contributed by atoms with Gasteiger partial charge in [0.15, 0.2) is 0 Å². The van der Waals surface area contributed by atoms with Crippen LogP contribution in [0.4, 0.5) is 8.78 Å². The summed E-state index contributed by atoms with van der Waals surface area (Å²) in [5.74, 6) is -3.15. The maximum absolute atomic E-state index is 12.4. The zero-order valence-electron chi connectivity index (χ0n) is 7.78. The highest BCUT2D eigenvalue weighted by atomic mass is 19.3. The van der Waals surface area contributed by atoms with Gasteiger partial charge in [-0.1, -0.05) is 6.07 Å². The number of aromatic nitrogens is 1. The van der Waals surface area contributed by atoms with Crippen LogP contribution < -0.4 is 5.43 Å². The van der Waals surface area contributed by atoms with E-state index < -0.39 is 24.9 Å². The number of hydrazine groups is 1. The molecule has 6 heteroatoms. The van der Waals surface area contributed by atoms with E-state index in [1.807, 2.05) is 0 Å². The Hall–Kier alpha value is -1.56. The zero-order valence-corrected chi connectivity index (χ0v) is 7.78. The minimum Gasteiger partial charge on any atom is -0.283 e. The molecule has 1 N–H and O–H groups in total. The molecule has 0 atom stereocenters. The third-order valence-corrected chi connectivity index (χ3v) is 2.00. The van der Waals surface area contributed by atoms with Crippen LogP contribution in [0, 0.1) is 0 Å². The van der Waals surface area contributed by atoms with Gasteiger partial charge in [0.05, 0.1) is 13.1 Å². The summed E-state index contributed by atoms with van der Waals surface area (Å²) in [6, 6.07) is 4.86. The molecule has 2 heterocycles. The number of alkyl halides is 2. The molecular weight excluding hydrogens is 204 g/mol. The van der Waals surface area contributed by atoms with Crippen LogP contribution in [0.2, 0.25) is 0 Å². The average Bonchev–Trinajstić information content (AvgIpc) is 2.16. The quantitative estimate of drug-likeness (QED) is 0.785. The molecule has 0 bridgehead atoms. The third-order valence-electron chi connectivity index (χ3n) is 2.00. The van der Waals surface area contributed by atoms with Crippen molar-refractivity contribution < 1.29 is 13.6 Å². The smallest absolute Gasteiger partial charge is 0.283 e. The number of hydrogen-bond donors (Lipinski definition) is 1. The van der Waals surface area contributed by atoms with Gasteiger partial charge < -0.3 is 0 Å². The molecule has 1 aromatic rings.